The molecular weight excluding hydrogens is 325 g/mol. The van der Waals surface area contributed by atoms with E-state index in [2.05, 4.69) is 0 Å². The zero-order valence-electron chi connectivity index (χ0n) is 12.3. The van der Waals surface area contributed by atoms with Crippen molar-refractivity contribution >= 4 is 23.5 Å². The average molecular weight is 342 g/mol. The van der Waals surface area contributed by atoms with Gasteiger partial charge in [-0.05, 0) is 18.6 Å². The maximum absolute atomic E-state index is 13.9. The number of aliphatic hydroxyl groups is 1. The molecule has 1 aromatic carbocycles. The molecule has 1 saturated heterocycles. The van der Waals surface area contributed by atoms with Crippen molar-refractivity contribution in [2.45, 2.75) is 30.8 Å². The van der Waals surface area contributed by atoms with E-state index in [9.17, 15) is 19.1 Å². The van der Waals surface area contributed by atoms with E-state index in [0.717, 1.165) is 0 Å². The van der Waals surface area contributed by atoms with Crippen LogP contribution in [-0.2, 0) is 9.59 Å². The van der Waals surface area contributed by atoms with Crippen LogP contribution in [-0.4, -0.2) is 45.7 Å². The van der Waals surface area contributed by atoms with Crippen LogP contribution in [0.1, 0.15) is 30.7 Å². The van der Waals surface area contributed by atoms with E-state index in [1.165, 1.54) is 12.1 Å². The van der Waals surface area contributed by atoms with Crippen molar-refractivity contribution in [2.75, 3.05) is 13.1 Å². The molecule has 0 bridgehead atoms. The second-order valence-corrected chi connectivity index (χ2v) is 6.65. The van der Waals surface area contributed by atoms with Gasteiger partial charge in [0.05, 0.1) is 0 Å². The van der Waals surface area contributed by atoms with Gasteiger partial charge in [0, 0.05) is 48.4 Å². The van der Waals surface area contributed by atoms with Gasteiger partial charge in [0.2, 0.25) is 5.91 Å². The topological polar surface area (TPSA) is 77.8 Å². The van der Waals surface area contributed by atoms with E-state index in [0.29, 0.717) is 17.0 Å². The van der Waals surface area contributed by atoms with Gasteiger partial charge in [-0.2, -0.15) is 0 Å². The summed E-state index contributed by atoms with van der Waals surface area (Å²) >= 11 is 6.03. The summed E-state index contributed by atoms with van der Waals surface area (Å²) in [4.78, 5) is 25.0. The van der Waals surface area contributed by atoms with Gasteiger partial charge in [0.25, 0.3) is 0 Å². The largest absolute Gasteiger partial charge is 0.479 e. The Balaban J connectivity index is 1.65. The smallest absolute Gasteiger partial charge is 0.335 e. The molecular formula is C16H17ClFNO4. The molecule has 0 spiro atoms. The van der Waals surface area contributed by atoms with Crippen molar-refractivity contribution in [3.63, 3.8) is 0 Å². The molecule has 3 rings (SSSR count). The van der Waals surface area contributed by atoms with Crippen LogP contribution in [0.3, 0.4) is 0 Å². The van der Waals surface area contributed by atoms with Crippen LogP contribution in [0.25, 0.3) is 0 Å². The molecule has 7 heteroatoms. The normalized spacial score (nSPS) is 26.0. The lowest BCUT2D eigenvalue weighted by molar-refractivity contribution is -0.165. The van der Waals surface area contributed by atoms with Crippen molar-refractivity contribution in [3.05, 3.63) is 34.6 Å². The van der Waals surface area contributed by atoms with Crippen LogP contribution in [0, 0.1) is 11.7 Å². The molecule has 2 N–H and O–H groups in total. The lowest BCUT2D eigenvalue weighted by atomic mass is 9.91. The van der Waals surface area contributed by atoms with Crippen LogP contribution in [0.4, 0.5) is 4.39 Å². The summed E-state index contributed by atoms with van der Waals surface area (Å²) in [6.45, 7) is 0.381. The maximum atomic E-state index is 13.9. The van der Waals surface area contributed by atoms with Crippen LogP contribution in [0.5, 0.6) is 0 Å². The van der Waals surface area contributed by atoms with E-state index in [4.69, 9.17) is 16.7 Å². The van der Waals surface area contributed by atoms with E-state index < -0.39 is 17.4 Å². The van der Waals surface area contributed by atoms with Crippen molar-refractivity contribution in [1.82, 2.24) is 4.90 Å². The minimum atomic E-state index is -1.76. The third-order valence-corrected chi connectivity index (χ3v) is 5.11. The molecule has 0 aromatic heterocycles. The summed E-state index contributed by atoms with van der Waals surface area (Å²) in [5.41, 5.74) is -1.37. The summed E-state index contributed by atoms with van der Waals surface area (Å²) in [5, 5.41) is 19.2. The number of benzene rings is 1. The fourth-order valence-electron chi connectivity index (χ4n) is 3.20. The number of hydrogen-bond donors (Lipinski definition) is 2. The monoisotopic (exact) mass is 341 g/mol. The number of rotatable bonds is 3. The summed E-state index contributed by atoms with van der Waals surface area (Å²) in [6, 6.07) is 4.46. The predicted octanol–water partition coefficient (Wildman–Crippen LogP) is 2.02. The predicted molar refractivity (Wildman–Crippen MR) is 80.7 cm³/mol. The number of nitrogens with zero attached hydrogens (tertiary/aromatic N) is 1. The first-order chi connectivity index (χ1) is 10.8. The Hall–Kier alpha value is -1.66. The number of likely N-dealkylation sites (tertiary alicyclic amines) is 1. The lowest BCUT2D eigenvalue weighted by Gasteiger charge is -2.35. The summed E-state index contributed by atoms with van der Waals surface area (Å²) in [6.07, 6.45) is 0.553. The number of amides is 1. The molecule has 5 nitrogen and oxygen atoms in total. The van der Waals surface area contributed by atoms with Crippen LogP contribution < -0.4 is 0 Å². The highest BCUT2D eigenvalue weighted by molar-refractivity contribution is 6.31. The molecule has 2 aliphatic rings. The quantitative estimate of drug-likeness (QED) is 0.881. The SMILES string of the molecule is O=C(C1CC1c1c(F)cccc1Cl)N1CCC(O)(C(=O)O)CC1. The summed E-state index contributed by atoms with van der Waals surface area (Å²) in [5.74, 6) is -2.33. The Bertz CT molecular complexity index is 637. The van der Waals surface area contributed by atoms with Gasteiger partial charge in [-0.3, -0.25) is 4.79 Å². The van der Waals surface area contributed by atoms with Gasteiger partial charge in [0.1, 0.15) is 5.82 Å². The maximum Gasteiger partial charge on any atom is 0.335 e. The van der Waals surface area contributed by atoms with Gasteiger partial charge in [-0.15, -0.1) is 0 Å². The Morgan fingerprint density at radius 3 is 2.52 bits per heavy atom. The van der Waals surface area contributed by atoms with Crippen molar-refractivity contribution in [1.29, 1.82) is 0 Å². The highest BCUT2D eigenvalue weighted by Gasteiger charge is 2.49. The standard InChI is InChI=1S/C16H17ClFNO4/c17-11-2-1-3-12(18)13(11)9-8-10(9)14(20)19-6-4-16(23,5-7-19)15(21)22/h1-3,9-10,23H,4-8H2,(H,21,22). The molecule has 2 atom stereocenters. The van der Waals surface area contributed by atoms with Crippen molar-refractivity contribution < 1.29 is 24.2 Å². The number of carboxylic acid groups (broad SMARTS) is 1. The highest BCUT2D eigenvalue weighted by Crippen LogP contribution is 2.51. The van der Waals surface area contributed by atoms with Gasteiger partial charge < -0.3 is 15.1 Å². The fraction of sp³-hybridized carbons (Fsp3) is 0.500. The summed E-state index contributed by atoms with van der Waals surface area (Å²) < 4.78 is 13.9. The van der Waals surface area contributed by atoms with Crippen LogP contribution in [0.2, 0.25) is 5.02 Å². The molecule has 1 aliphatic heterocycles. The molecule has 1 amide bonds. The minimum absolute atomic E-state index is 0.00587. The van der Waals surface area contributed by atoms with E-state index in [-0.39, 0.29) is 43.7 Å². The van der Waals surface area contributed by atoms with Gasteiger partial charge in [-0.25, -0.2) is 9.18 Å². The number of carbonyl (C=O) groups excluding carboxylic acids is 1. The molecule has 124 valence electrons. The zero-order chi connectivity index (χ0) is 16.8. The number of carbonyl (C=O) groups is 2. The Morgan fingerprint density at radius 2 is 1.96 bits per heavy atom. The van der Waals surface area contributed by atoms with E-state index in [1.54, 1.807) is 11.0 Å². The second kappa shape index (κ2) is 5.76. The fourth-order valence-corrected chi connectivity index (χ4v) is 3.50. The van der Waals surface area contributed by atoms with Crippen molar-refractivity contribution in [2.24, 2.45) is 5.92 Å². The number of hydrogen-bond acceptors (Lipinski definition) is 3. The molecule has 1 saturated carbocycles. The molecule has 1 aliphatic carbocycles. The average Bonchev–Trinajstić information content (AvgIpc) is 3.27. The minimum Gasteiger partial charge on any atom is -0.479 e. The Kier molecular flexibility index (Phi) is 4.06. The van der Waals surface area contributed by atoms with Gasteiger partial charge in [-0.1, -0.05) is 17.7 Å². The first-order valence-corrected chi connectivity index (χ1v) is 7.90. The molecule has 0 radical (unpaired) electrons. The molecule has 2 fully saturated rings. The molecule has 1 aromatic rings. The first-order valence-electron chi connectivity index (χ1n) is 7.52. The number of piperidine rings is 1. The second-order valence-electron chi connectivity index (χ2n) is 6.25. The van der Waals surface area contributed by atoms with E-state index >= 15 is 0 Å². The van der Waals surface area contributed by atoms with Gasteiger partial charge >= 0.3 is 5.97 Å². The van der Waals surface area contributed by atoms with Gasteiger partial charge in [0.15, 0.2) is 5.60 Å². The molecule has 23 heavy (non-hydrogen) atoms. The lowest BCUT2D eigenvalue weighted by Crippen LogP contribution is -2.51. The number of carboxylic acids is 1. The van der Waals surface area contributed by atoms with Crippen molar-refractivity contribution in [3.8, 4) is 0 Å². The number of aliphatic carboxylic acids is 1. The zero-order valence-corrected chi connectivity index (χ0v) is 13.1. The molecule has 1 heterocycles. The Labute approximate surface area is 137 Å². The van der Waals surface area contributed by atoms with E-state index in [1.807, 2.05) is 0 Å². The molecule has 2 unspecified atom stereocenters. The first kappa shape index (κ1) is 16.2. The third kappa shape index (κ3) is 2.93. The van der Waals surface area contributed by atoms with Crippen LogP contribution in [0.15, 0.2) is 18.2 Å². The van der Waals surface area contributed by atoms with Crippen LogP contribution >= 0.6 is 11.6 Å². The Morgan fingerprint density at radius 1 is 1.30 bits per heavy atom. The summed E-state index contributed by atoms with van der Waals surface area (Å²) in [7, 11) is 0. The number of halogens is 2. The third-order valence-electron chi connectivity index (χ3n) is 4.78. The highest BCUT2D eigenvalue weighted by atomic mass is 35.5.